The van der Waals surface area contributed by atoms with E-state index in [0.29, 0.717) is 6.61 Å². The molecule has 2 aliphatic rings. The molecular formula is C28H29BrN2O3. The Labute approximate surface area is 209 Å². The maximum absolute atomic E-state index is 6.49. The highest BCUT2D eigenvalue weighted by Gasteiger charge is 2.41. The zero-order valence-electron chi connectivity index (χ0n) is 19.7. The second-order valence-electron chi connectivity index (χ2n) is 8.91. The van der Waals surface area contributed by atoms with E-state index in [2.05, 4.69) is 58.2 Å². The fourth-order valence-corrected chi connectivity index (χ4v) is 4.78. The first-order valence-electron chi connectivity index (χ1n) is 11.8. The smallest absolute Gasteiger partial charge is 0.213 e. The molecule has 0 radical (unpaired) electrons. The van der Waals surface area contributed by atoms with Crippen molar-refractivity contribution < 1.29 is 14.2 Å². The van der Waals surface area contributed by atoms with Crippen molar-refractivity contribution >= 4 is 21.6 Å². The van der Waals surface area contributed by atoms with E-state index in [9.17, 15) is 0 Å². The number of benzene rings is 3. The molecule has 2 atom stereocenters. The number of fused-ring (bicyclic) bond motifs is 3. The molecule has 34 heavy (non-hydrogen) atoms. The summed E-state index contributed by atoms with van der Waals surface area (Å²) in [7, 11) is 0. The van der Waals surface area contributed by atoms with E-state index in [1.165, 1.54) is 0 Å². The van der Waals surface area contributed by atoms with Crippen LogP contribution in [0.5, 0.6) is 17.2 Å². The van der Waals surface area contributed by atoms with E-state index >= 15 is 0 Å². The average Bonchev–Trinajstić information content (AvgIpc) is 3.29. The molecule has 0 aliphatic carbocycles. The van der Waals surface area contributed by atoms with Crippen molar-refractivity contribution in [1.29, 1.82) is 0 Å². The molecule has 0 unspecified atom stereocenters. The molecule has 6 heteroatoms. The Hall–Kier alpha value is -2.99. The molecule has 0 N–H and O–H groups in total. The molecule has 0 bridgehead atoms. The van der Waals surface area contributed by atoms with Crippen LogP contribution in [-0.2, 0) is 0 Å². The molecule has 0 amide bonds. The topological polar surface area (TPSA) is 43.3 Å². The summed E-state index contributed by atoms with van der Waals surface area (Å²) >= 11 is 3.62. The molecule has 2 aliphatic heterocycles. The third-order valence-corrected chi connectivity index (χ3v) is 6.44. The Morgan fingerprint density at radius 1 is 1.03 bits per heavy atom. The monoisotopic (exact) mass is 520 g/mol. The van der Waals surface area contributed by atoms with Gasteiger partial charge in [-0.15, -0.1) is 0 Å². The minimum Gasteiger partial charge on any atom is -0.494 e. The maximum atomic E-state index is 6.49. The van der Waals surface area contributed by atoms with Gasteiger partial charge in [0.15, 0.2) is 0 Å². The predicted octanol–water partition coefficient (Wildman–Crippen LogP) is 7.27. The predicted molar refractivity (Wildman–Crippen MR) is 138 cm³/mol. The van der Waals surface area contributed by atoms with Crippen molar-refractivity contribution in [2.75, 3.05) is 6.61 Å². The van der Waals surface area contributed by atoms with Crippen LogP contribution in [0.3, 0.4) is 0 Å². The minimum atomic E-state index is -0.306. The van der Waals surface area contributed by atoms with E-state index in [1.54, 1.807) is 0 Å². The van der Waals surface area contributed by atoms with Gasteiger partial charge in [-0.05, 0) is 92.6 Å². The molecule has 0 aromatic heterocycles. The van der Waals surface area contributed by atoms with Gasteiger partial charge in [-0.1, -0.05) is 22.9 Å². The summed E-state index contributed by atoms with van der Waals surface area (Å²) < 4.78 is 19.1. The summed E-state index contributed by atoms with van der Waals surface area (Å²) in [6.45, 7) is 6.88. The van der Waals surface area contributed by atoms with Crippen molar-refractivity contribution in [3.05, 3.63) is 87.9 Å². The number of nitrogens with zero attached hydrogens (tertiary/aromatic N) is 2. The Kier molecular flexibility index (Phi) is 6.50. The SMILES string of the molecule is CCCOc1ccc([C@@H]2Oc3ccc(Br)cc3[C@@H]3CC(c4ccc(OC(C)C)cc4)=NN32)cc1. The quantitative estimate of drug-likeness (QED) is 0.328. The second kappa shape index (κ2) is 9.71. The summed E-state index contributed by atoms with van der Waals surface area (Å²) in [5.74, 6) is 2.64. The number of halogens is 1. The standard InChI is InChI=1S/C28H29BrN2O3/c1-4-15-32-22-10-7-20(8-11-22)28-31-26(24-16-21(29)9-14-27(24)34-28)17-25(30-31)19-5-12-23(13-6-19)33-18(2)3/h5-14,16,18,26,28H,4,15,17H2,1-3H3/t26-,28-/m0/s1. The summed E-state index contributed by atoms with van der Waals surface area (Å²) in [6.07, 6.45) is 1.64. The molecule has 3 aromatic rings. The molecule has 2 heterocycles. The molecular weight excluding hydrogens is 492 g/mol. The minimum absolute atomic E-state index is 0.101. The fourth-order valence-electron chi connectivity index (χ4n) is 4.40. The van der Waals surface area contributed by atoms with Crippen LogP contribution in [-0.4, -0.2) is 23.4 Å². The van der Waals surface area contributed by atoms with Gasteiger partial charge >= 0.3 is 0 Å². The van der Waals surface area contributed by atoms with Gasteiger partial charge in [0, 0.05) is 22.0 Å². The maximum Gasteiger partial charge on any atom is 0.213 e. The Morgan fingerprint density at radius 2 is 1.76 bits per heavy atom. The fraction of sp³-hybridized carbons (Fsp3) is 0.321. The van der Waals surface area contributed by atoms with Gasteiger partial charge in [0.05, 0.1) is 24.5 Å². The summed E-state index contributed by atoms with van der Waals surface area (Å²) in [5, 5.41) is 7.17. The van der Waals surface area contributed by atoms with Crippen LogP contribution in [0.1, 0.15) is 62.6 Å². The molecule has 0 saturated carbocycles. The first kappa shape index (κ1) is 22.8. The van der Waals surface area contributed by atoms with E-state index in [1.807, 2.05) is 50.2 Å². The second-order valence-corrected chi connectivity index (χ2v) is 9.82. The third kappa shape index (κ3) is 4.64. The van der Waals surface area contributed by atoms with Gasteiger partial charge in [0.2, 0.25) is 6.23 Å². The Morgan fingerprint density at radius 3 is 2.47 bits per heavy atom. The van der Waals surface area contributed by atoms with Crippen LogP contribution < -0.4 is 14.2 Å². The molecule has 5 nitrogen and oxygen atoms in total. The van der Waals surface area contributed by atoms with Crippen LogP contribution >= 0.6 is 15.9 Å². The van der Waals surface area contributed by atoms with Crippen LogP contribution in [0.25, 0.3) is 0 Å². The van der Waals surface area contributed by atoms with Crippen LogP contribution in [0.2, 0.25) is 0 Å². The van der Waals surface area contributed by atoms with Gasteiger partial charge in [0.25, 0.3) is 0 Å². The first-order chi connectivity index (χ1) is 16.5. The molecule has 0 saturated heterocycles. The molecule has 3 aromatic carbocycles. The van der Waals surface area contributed by atoms with E-state index < -0.39 is 0 Å². The van der Waals surface area contributed by atoms with Gasteiger partial charge in [0.1, 0.15) is 17.2 Å². The van der Waals surface area contributed by atoms with Gasteiger partial charge in [-0.2, -0.15) is 5.10 Å². The number of hydrazone groups is 1. The van der Waals surface area contributed by atoms with Crippen molar-refractivity contribution in [2.24, 2.45) is 5.10 Å². The lowest BCUT2D eigenvalue weighted by molar-refractivity contribution is -0.0191. The zero-order valence-corrected chi connectivity index (χ0v) is 21.3. The zero-order chi connectivity index (χ0) is 23.7. The van der Waals surface area contributed by atoms with Crippen LogP contribution in [0.4, 0.5) is 0 Å². The molecule has 0 spiro atoms. The first-order valence-corrected chi connectivity index (χ1v) is 12.6. The van der Waals surface area contributed by atoms with E-state index in [0.717, 1.165) is 57.0 Å². The lowest BCUT2D eigenvalue weighted by Crippen LogP contribution is -2.33. The largest absolute Gasteiger partial charge is 0.494 e. The van der Waals surface area contributed by atoms with Crippen molar-refractivity contribution in [1.82, 2.24) is 5.01 Å². The number of hydrogen-bond acceptors (Lipinski definition) is 5. The van der Waals surface area contributed by atoms with Crippen molar-refractivity contribution in [3.8, 4) is 17.2 Å². The number of rotatable bonds is 7. The Bertz CT molecular complexity index is 1180. The average molecular weight is 521 g/mol. The van der Waals surface area contributed by atoms with E-state index in [4.69, 9.17) is 19.3 Å². The lowest BCUT2D eigenvalue weighted by atomic mass is 9.96. The summed E-state index contributed by atoms with van der Waals surface area (Å²) in [6, 6.07) is 22.7. The normalized spacial score (nSPS) is 18.7. The highest BCUT2D eigenvalue weighted by atomic mass is 79.9. The van der Waals surface area contributed by atoms with Crippen LogP contribution in [0, 0.1) is 0 Å². The van der Waals surface area contributed by atoms with Crippen molar-refractivity contribution in [3.63, 3.8) is 0 Å². The summed E-state index contributed by atoms with van der Waals surface area (Å²) in [5.41, 5.74) is 4.34. The van der Waals surface area contributed by atoms with Crippen molar-refractivity contribution in [2.45, 2.75) is 52.0 Å². The summed E-state index contributed by atoms with van der Waals surface area (Å²) in [4.78, 5) is 0. The Balaban J connectivity index is 1.47. The van der Waals surface area contributed by atoms with Crippen LogP contribution in [0.15, 0.2) is 76.3 Å². The molecule has 0 fully saturated rings. The van der Waals surface area contributed by atoms with Gasteiger partial charge in [-0.3, -0.25) is 0 Å². The number of ether oxygens (including phenoxy) is 3. The third-order valence-electron chi connectivity index (χ3n) is 5.95. The highest BCUT2D eigenvalue weighted by molar-refractivity contribution is 9.10. The lowest BCUT2D eigenvalue weighted by Gasteiger charge is -2.38. The van der Waals surface area contributed by atoms with E-state index in [-0.39, 0.29) is 18.4 Å². The van der Waals surface area contributed by atoms with Gasteiger partial charge in [-0.25, -0.2) is 5.01 Å². The molecule has 176 valence electrons. The molecule has 5 rings (SSSR count). The highest BCUT2D eigenvalue weighted by Crippen LogP contribution is 2.48. The number of hydrogen-bond donors (Lipinski definition) is 0. The van der Waals surface area contributed by atoms with Gasteiger partial charge < -0.3 is 14.2 Å².